The molecule has 1 amide bonds. The number of fused-ring (bicyclic) bond motifs is 1. The third kappa shape index (κ3) is 4.74. The summed E-state index contributed by atoms with van der Waals surface area (Å²) in [5, 5.41) is 3.37. The molecule has 1 aliphatic heterocycles. The van der Waals surface area contributed by atoms with Gasteiger partial charge in [0.2, 0.25) is 5.91 Å². The van der Waals surface area contributed by atoms with E-state index in [1.807, 2.05) is 30.0 Å². The zero-order chi connectivity index (χ0) is 25.5. The molecule has 2 atom stereocenters. The number of pyridine rings is 1. The van der Waals surface area contributed by atoms with E-state index in [0.717, 1.165) is 37.0 Å². The van der Waals surface area contributed by atoms with Crippen LogP contribution < -0.4 is 16.6 Å². The molecule has 2 aliphatic carbocycles. The molecule has 194 valence electrons. The number of rotatable bonds is 5. The van der Waals surface area contributed by atoms with Gasteiger partial charge < -0.3 is 5.32 Å². The van der Waals surface area contributed by atoms with Crippen molar-refractivity contribution in [2.45, 2.75) is 69.0 Å². The van der Waals surface area contributed by atoms with Crippen LogP contribution >= 0.6 is 11.8 Å². The van der Waals surface area contributed by atoms with Gasteiger partial charge in [-0.1, -0.05) is 30.3 Å². The summed E-state index contributed by atoms with van der Waals surface area (Å²) in [5.41, 5.74) is 0.679. The molecule has 2 saturated carbocycles. The van der Waals surface area contributed by atoms with Crippen LogP contribution in [0.2, 0.25) is 0 Å². The highest BCUT2D eigenvalue weighted by Crippen LogP contribution is 2.47. The summed E-state index contributed by atoms with van der Waals surface area (Å²) in [6.07, 6.45) is 6.22. The molecule has 37 heavy (non-hydrogen) atoms. The molecule has 0 spiro atoms. The number of carbonyl (C=O) groups excluding carboxylic acids is 1. The predicted octanol–water partition coefficient (Wildman–Crippen LogP) is 4.17. The Balaban J connectivity index is 1.20. The van der Waals surface area contributed by atoms with Crippen molar-refractivity contribution in [1.29, 1.82) is 0 Å². The molecule has 1 saturated heterocycles. The van der Waals surface area contributed by atoms with Crippen LogP contribution in [0, 0.1) is 11.7 Å². The number of amides is 1. The van der Waals surface area contributed by atoms with Gasteiger partial charge in [0.15, 0.2) is 0 Å². The first-order valence-corrected chi connectivity index (χ1v) is 14.4. The standard InChI is InChI=1S/C28H31FN4O3S/c29-18-14-24-25(30-16-18)32(21-10-12-37-13-11-21)28(36)33(27(24)35)20-8-6-19(7-9-20)31-26(34)23-15-22(23)17-4-2-1-3-5-17/h1-5,14,16,19-23H,6-13,15H2,(H,31,34)/t19?,20?,22-,23+/m0/s1. The van der Waals surface area contributed by atoms with Crippen molar-refractivity contribution < 1.29 is 9.18 Å². The predicted molar refractivity (Wildman–Crippen MR) is 143 cm³/mol. The Morgan fingerprint density at radius 1 is 0.973 bits per heavy atom. The normalized spacial score (nSPS) is 26.2. The van der Waals surface area contributed by atoms with Crippen LogP contribution in [0.15, 0.2) is 52.2 Å². The fraction of sp³-hybridized carbons (Fsp3) is 0.500. The lowest BCUT2D eigenvalue weighted by atomic mass is 9.90. The summed E-state index contributed by atoms with van der Waals surface area (Å²) >= 11 is 1.85. The van der Waals surface area contributed by atoms with Crippen molar-refractivity contribution in [2.75, 3.05) is 11.5 Å². The van der Waals surface area contributed by atoms with E-state index < -0.39 is 11.4 Å². The zero-order valence-corrected chi connectivity index (χ0v) is 21.5. The molecule has 0 unspecified atom stereocenters. The van der Waals surface area contributed by atoms with E-state index in [2.05, 4.69) is 22.4 Å². The minimum absolute atomic E-state index is 0.0199. The monoisotopic (exact) mass is 522 g/mol. The summed E-state index contributed by atoms with van der Waals surface area (Å²) in [6, 6.07) is 11.1. The Kier molecular flexibility index (Phi) is 6.65. The molecule has 0 bridgehead atoms. The lowest BCUT2D eigenvalue weighted by molar-refractivity contribution is -0.123. The average Bonchev–Trinajstić information content (AvgIpc) is 3.73. The molecule has 3 heterocycles. The molecule has 7 nitrogen and oxygen atoms in total. The molecule has 3 fully saturated rings. The minimum Gasteiger partial charge on any atom is -0.353 e. The Morgan fingerprint density at radius 3 is 2.41 bits per heavy atom. The van der Waals surface area contributed by atoms with Crippen LogP contribution in [0.3, 0.4) is 0 Å². The summed E-state index contributed by atoms with van der Waals surface area (Å²) in [5.74, 6) is 1.71. The number of hydrogen-bond acceptors (Lipinski definition) is 5. The molecular formula is C28H31FN4O3S. The van der Waals surface area contributed by atoms with Crippen molar-refractivity contribution in [1.82, 2.24) is 19.4 Å². The smallest absolute Gasteiger partial charge is 0.333 e. The summed E-state index contributed by atoms with van der Waals surface area (Å²) in [6.45, 7) is 0. The average molecular weight is 523 g/mol. The van der Waals surface area contributed by atoms with Gasteiger partial charge in [0.05, 0.1) is 11.6 Å². The number of benzene rings is 1. The zero-order valence-electron chi connectivity index (χ0n) is 20.6. The first kappa shape index (κ1) is 24.4. The molecule has 1 N–H and O–H groups in total. The van der Waals surface area contributed by atoms with Gasteiger partial charge >= 0.3 is 5.69 Å². The number of halogens is 1. The lowest BCUT2D eigenvalue weighted by Gasteiger charge is -2.31. The van der Waals surface area contributed by atoms with Crippen LogP contribution in [0.25, 0.3) is 11.0 Å². The second-order valence-electron chi connectivity index (χ2n) is 10.6. The van der Waals surface area contributed by atoms with E-state index in [1.54, 1.807) is 4.57 Å². The lowest BCUT2D eigenvalue weighted by Crippen LogP contribution is -2.46. The van der Waals surface area contributed by atoms with Crippen molar-refractivity contribution >= 4 is 28.7 Å². The van der Waals surface area contributed by atoms with Gasteiger partial charge in [-0.25, -0.2) is 14.2 Å². The number of thioether (sulfide) groups is 1. The maximum absolute atomic E-state index is 14.1. The van der Waals surface area contributed by atoms with Crippen LogP contribution in [0.5, 0.6) is 0 Å². The quantitative estimate of drug-likeness (QED) is 0.544. The fourth-order valence-corrected chi connectivity index (χ4v) is 7.22. The third-order valence-corrected chi connectivity index (χ3v) is 9.29. The number of nitrogens with zero attached hydrogens (tertiary/aromatic N) is 3. The summed E-state index contributed by atoms with van der Waals surface area (Å²) in [4.78, 5) is 44.2. The fourth-order valence-electron chi connectivity index (χ4n) is 6.14. The van der Waals surface area contributed by atoms with Crippen molar-refractivity contribution in [3.05, 3.63) is 74.8 Å². The second-order valence-corrected chi connectivity index (χ2v) is 11.8. The van der Waals surface area contributed by atoms with Gasteiger partial charge in [0.1, 0.15) is 11.5 Å². The Morgan fingerprint density at radius 2 is 1.68 bits per heavy atom. The number of hydrogen-bond donors (Lipinski definition) is 1. The van der Waals surface area contributed by atoms with Crippen LogP contribution in [-0.2, 0) is 4.79 Å². The van der Waals surface area contributed by atoms with Crippen LogP contribution in [0.1, 0.15) is 68.5 Å². The van der Waals surface area contributed by atoms with Crippen LogP contribution in [-0.4, -0.2) is 37.6 Å². The first-order chi connectivity index (χ1) is 18.0. The number of nitrogens with one attached hydrogen (secondary N) is 1. The van der Waals surface area contributed by atoms with Gasteiger partial charge in [0.25, 0.3) is 5.56 Å². The molecule has 1 aromatic carbocycles. The maximum Gasteiger partial charge on any atom is 0.333 e. The van der Waals surface area contributed by atoms with Crippen molar-refractivity contribution in [2.24, 2.45) is 5.92 Å². The van der Waals surface area contributed by atoms with Crippen molar-refractivity contribution in [3.63, 3.8) is 0 Å². The first-order valence-electron chi connectivity index (χ1n) is 13.3. The second kappa shape index (κ2) is 10.1. The molecule has 3 aliphatic rings. The molecule has 0 radical (unpaired) electrons. The minimum atomic E-state index is -0.583. The van der Waals surface area contributed by atoms with Gasteiger partial charge in [0, 0.05) is 24.0 Å². The molecule has 6 rings (SSSR count). The SMILES string of the molecule is O=C(NC1CCC(n2c(=O)c3cc(F)cnc3n(C3CCSCC3)c2=O)CC1)[C@@H]1C[C@H]1c1ccccc1. The molecule has 9 heteroatoms. The van der Waals surface area contributed by atoms with Gasteiger partial charge in [-0.2, -0.15) is 11.8 Å². The number of aromatic nitrogens is 3. The third-order valence-electron chi connectivity index (χ3n) is 8.24. The Hall–Kier alpha value is -2.94. The van der Waals surface area contributed by atoms with E-state index in [0.29, 0.717) is 31.6 Å². The van der Waals surface area contributed by atoms with Gasteiger partial charge in [-0.05, 0) is 74.0 Å². The Labute approximate surface area is 218 Å². The van der Waals surface area contributed by atoms with E-state index in [9.17, 15) is 18.8 Å². The number of carbonyl (C=O) groups is 1. The topological polar surface area (TPSA) is 86.0 Å². The molecule has 2 aromatic heterocycles. The largest absolute Gasteiger partial charge is 0.353 e. The highest BCUT2D eigenvalue weighted by atomic mass is 32.2. The van der Waals surface area contributed by atoms with Crippen LogP contribution in [0.4, 0.5) is 4.39 Å². The highest BCUT2D eigenvalue weighted by molar-refractivity contribution is 7.99. The van der Waals surface area contributed by atoms with Gasteiger partial charge in [-0.3, -0.25) is 18.7 Å². The molecule has 3 aromatic rings. The Bertz CT molecular complexity index is 1430. The molecular weight excluding hydrogens is 491 g/mol. The van der Waals surface area contributed by atoms with E-state index in [1.165, 1.54) is 16.2 Å². The summed E-state index contributed by atoms with van der Waals surface area (Å²) < 4.78 is 17.1. The van der Waals surface area contributed by atoms with Crippen molar-refractivity contribution in [3.8, 4) is 0 Å². The summed E-state index contributed by atoms with van der Waals surface area (Å²) in [7, 11) is 0. The van der Waals surface area contributed by atoms with E-state index >= 15 is 0 Å². The maximum atomic E-state index is 14.1. The van der Waals surface area contributed by atoms with Gasteiger partial charge in [-0.15, -0.1) is 0 Å². The highest BCUT2D eigenvalue weighted by Gasteiger charge is 2.44. The van der Waals surface area contributed by atoms with E-state index in [-0.39, 0.29) is 46.7 Å². The van der Waals surface area contributed by atoms with E-state index in [4.69, 9.17) is 0 Å².